The third-order valence-electron chi connectivity index (χ3n) is 3.23. The second-order valence-corrected chi connectivity index (χ2v) is 5.41. The monoisotopic (exact) mass is 348 g/mol. The van der Waals surface area contributed by atoms with E-state index in [1.54, 1.807) is 24.0 Å². The van der Waals surface area contributed by atoms with Crippen LogP contribution in [0.2, 0.25) is 5.02 Å². The van der Waals surface area contributed by atoms with Gasteiger partial charge in [-0.3, -0.25) is 19.0 Å². The average Bonchev–Trinajstić information content (AvgIpc) is 3.21. The van der Waals surface area contributed by atoms with Gasteiger partial charge >= 0.3 is 0 Å². The van der Waals surface area contributed by atoms with Crippen LogP contribution < -0.4 is 11.1 Å². The fourth-order valence-corrected chi connectivity index (χ4v) is 2.33. The van der Waals surface area contributed by atoms with Crippen LogP contribution in [0.5, 0.6) is 0 Å². The third-order valence-corrected chi connectivity index (χ3v) is 3.42. The first-order valence-electron chi connectivity index (χ1n) is 6.84. The maximum absolute atomic E-state index is 12.2. The van der Waals surface area contributed by atoms with Gasteiger partial charge in [0.2, 0.25) is 0 Å². The van der Waals surface area contributed by atoms with Crippen molar-refractivity contribution in [3.63, 3.8) is 0 Å². The summed E-state index contributed by atoms with van der Waals surface area (Å²) in [5, 5.41) is 11.0. The number of hydrogen-bond acceptors (Lipinski definition) is 5. The summed E-state index contributed by atoms with van der Waals surface area (Å²) in [6.45, 7) is 0.333. The molecule has 0 unspecified atom stereocenters. The first-order valence-corrected chi connectivity index (χ1v) is 7.21. The number of anilines is 1. The van der Waals surface area contributed by atoms with Gasteiger partial charge in [-0.15, -0.1) is 0 Å². The number of hydrogen-bond donors (Lipinski definition) is 2. The van der Waals surface area contributed by atoms with Crippen LogP contribution in [0.4, 0.5) is 5.69 Å². The molecule has 3 aromatic rings. The van der Waals surface area contributed by atoms with E-state index in [2.05, 4.69) is 15.5 Å². The quantitative estimate of drug-likeness (QED) is 0.719. The van der Waals surface area contributed by atoms with E-state index in [-0.39, 0.29) is 17.1 Å². The van der Waals surface area contributed by atoms with Crippen molar-refractivity contribution in [3.05, 3.63) is 53.0 Å². The Morgan fingerprint density at radius 1 is 1.33 bits per heavy atom. The van der Waals surface area contributed by atoms with Gasteiger partial charge in [0.1, 0.15) is 11.5 Å². The summed E-state index contributed by atoms with van der Waals surface area (Å²) in [5.74, 6) is -0.597. The summed E-state index contributed by atoms with van der Waals surface area (Å²) in [6.07, 6.45) is 4.48. The van der Waals surface area contributed by atoms with Gasteiger partial charge in [0.15, 0.2) is 5.76 Å². The smallest absolute Gasteiger partial charge is 0.291 e. The number of amides is 2. The van der Waals surface area contributed by atoms with E-state index in [0.29, 0.717) is 17.3 Å². The fourth-order valence-electron chi connectivity index (χ4n) is 2.17. The molecule has 0 aliphatic carbocycles. The molecule has 9 nitrogen and oxygen atoms in total. The zero-order chi connectivity index (χ0) is 17.3. The molecule has 24 heavy (non-hydrogen) atoms. The Morgan fingerprint density at radius 3 is 2.79 bits per heavy atom. The van der Waals surface area contributed by atoms with E-state index in [4.69, 9.17) is 21.8 Å². The molecule has 0 aliphatic heterocycles. The zero-order valence-corrected chi connectivity index (χ0v) is 13.3. The van der Waals surface area contributed by atoms with E-state index in [0.717, 1.165) is 0 Å². The zero-order valence-electron chi connectivity index (χ0n) is 12.6. The largest absolute Gasteiger partial charge is 0.454 e. The van der Waals surface area contributed by atoms with Gasteiger partial charge in [-0.2, -0.15) is 10.2 Å². The summed E-state index contributed by atoms with van der Waals surface area (Å²) in [4.78, 5) is 23.6. The molecule has 0 bridgehead atoms. The molecule has 3 N–H and O–H groups in total. The number of carbonyl (C=O) groups is 2. The van der Waals surface area contributed by atoms with Gasteiger partial charge in [-0.25, -0.2) is 0 Å². The fraction of sp³-hybridized carbons (Fsp3) is 0.143. The van der Waals surface area contributed by atoms with E-state index >= 15 is 0 Å². The van der Waals surface area contributed by atoms with Gasteiger partial charge < -0.3 is 15.5 Å². The molecule has 0 radical (unpaired) electrons. The predicted molar refractivity (Wildman–Crippen MR) is 84.7 cm³/mol. The number of primary amides is 1. The highest BCUT2D eigenvalue weighted by atomic mass is 35.5. The van der Waals surface area contributed by atoms with Crippen molar-refractivity contribution in [1.82, 2.24) is 19.6 Å². The van der Waals surface area contributed by atoms with Crippen LogP contribution in [0.3, 0.4) is 0 Å². The standard InChI is InChI=1S/C14H13ClN6O3/c1-20-12(13(16)22)10(5-17-20)19-14(23)11-3-2-9(24-11)7-21-6-8(15)4-18-21/h2-6H,7H2,1H3,(H2,16,22)(H,19,23). The molecular formula is C14H13ClN6O3. The van der Waals surface area contributed by atoms with Crippen molar-refractivity contribution in [2.75, 3.05) is 5.32 Å². The summed E-state index contributed by atoms with van der Waals surface area (Å²) < 4.78 is 8.34. The predicted octanol–water partition coefficient (Wildman–Crippen LogP) is 1.26. The highest BCUT2D eigenvalue weighted by Crippen LogP contribution is 2.17. The lowest BCUT2D eigenvalue weighted by Gasteiger charge is -2.03. The lowest BCUT2D eigenvalue weighted by molar-refractivity contribution is 0.0992. The van der Waals surface area contributed by atoms with Gasteiger partial charge in [-0.05, 0) is 12.1 Å². The second kappa shape index (κ2) is 6.20. The van der Waals surface area contributed by atoms with Crippen LogP contribution in [0.25, 0.3) is 0 Å². The van der Waals surface area contributed by atoms with Crippen molar-refractivity contribution >= 4 is 29.1 Å². The Morgan fingerprint density at radius 2 is 2.12 bits per heavy atom. The Balaban J connectivity index is 1.73. The SMILES string of the molecule is Cn1ncc(NC(=O)c2ccc(Cn3cc(Cl)cn3)o2)c1C(N)=O. The summed E-state index contributed by atoms with van der Waals surface area (Å²) in [7, 11) is 1.55. The highest BCUT2D eigenvalue weighted by molar-refractivity contribution is 6.30. The Bertz CT molecular complexity index is 909. The number of nitrogens with zero attached hydrogens (tertiary/aromatic N) is 4. The number of aromatic nitrogens is 4. The normalized spacial score (nSPS) is 10.8. The van der Waals surface area contributed by atoms with Crippen LogP contribution in [0.1, 0.15) is 26.8 Å². The summed E-state index contributed by atoms with van der Waals surface area (Å²) in [6, 6.07) is 3.18. The molecule has 10 heteroatoms. The van der Waals surface area contributed by atoms with E-state index in [9.17, 15) is 9.59 Å². The molecule has 3 rings (SSSR count). The number of carbonyl (C=O) groups excluding carboxylic acids is 2. The van der Waals surface area contributed by atoms with Crippen molar-refractivity contribution < 1.29 is 14.0 Å². The van der Waals surface area contributed by atoms with Crippen LogP contribution >= 0.6 is 11.6 Å². The molecule has 0 saturated heterocycles. The molecule has 3 aromatic heterocycles. The average molecular weight is 349 g/mol. The molecule has 0 aliphatic rings. The Kier molecular flexibility index (Phi) is 4.09. The molecule has 0 aromatic carbocycles. The lowest BCUT2D eigenvalue weighted by Crippen LogP contribution is -2.20. The second-order valence-electron chi connectivity index (χ2n) is 4.97. The minimum Gasteiger partial charge on any atom is -0.454 e. The molecule has 0 fully saturated rings. The molecule has 0 atom stereocenters. The van der Waals surface area contributed by atoms with Crippen LogP contribution in [-0.4, -0.2) is 31.4 Å². The molecule has 0 spiro atoms. The minimum atomic E-state index is -0.694. The van der Waals surface area contributed by atoms with Crippen molar-refractivity contribution in [2.24, 2.45) is 12.8 Å². The van der Waals surface area contributed by atoms with E-state index < -0.39 is 11.8 Å². The van der Waals surface area contributed by atoms with Gasteiger partial charge in [0.25, 0.3) is 11.8 Å². The van der Waals surface area contributed by atoms with Crippen LogP contribution in [-0.2, 0) is 13.6 Å². The first kappa shape index (κ1) is 15.8. The highest BCUT2D eigenvalue weighted by Gasteiger charge is 2.18. The number of nitrogens with two attached hydrogens (primary N) is 1. The van der Waals surface area contributed by atoms with Crippen molar-refractivity contribution in [1.29, 1.82) is 0 Å². The Hall–Kier alpha value is -3.07. The first-order chi connectivity index (χ1) is 11.4. The number of halogens is 1. The maximum atomic E-state index is 12.2. The molecule has 3 heterocycles. The van der Waals surface area contributed by atoms with E-state index in [1.165, 1.54) is 23.1 Å². The number of nitrogens with one attached hydrogen (secondary N) is 1. The Labute approximate surface area is 141 Å². The van der Waals surface area contributed by atoms with Gasteiger partial charge in [0.05, 0.1) is 29.6 Å². The summed E-state index contributed by atoms with van der Waals surface area (Å²) in [5.41, 5.74) is 5.58. The van der Waals surface area contributed by atoms with Gasteiger partial charge in [-0.1, -0.05) is 11.6 Å². The van der Waals surface area contributed by atoms with Gasteiger partial charge in [0, 0.05) is 13.2 Å². The molecule has 0 saturated carbocycles. The van der Waals surface area contributed by atoms with Crippen LogP contribution in [0.15, 0.2) is 35.1 Å². The molecule has 124 valence electrons. The minimum absolute atomic E-state index is 0.0857. The molecule has 2 amide bonds. The topological polar surface area (TPSA) is 121 Å². The number of rotatable bonds is 5. The van der Waals surface area contributed by atoms with Crippen molar-refractivity contribution in [2.45, 2.75) is 6.54 Å². The third kappa shape index (κ3) is 3.15. The number of furan rings is 1. The van der Waals surface area contributed by atoms with E-state index in [1.807, 2.05) is 0 Å². The number of aryl methyl sites for hydroxylation is 1. The lowest BCUT2D eigenvalue weighted by atomic mass is 10.3. The van der Waals surface area contributed by atoms with Crippen LogP contribution in [0, 0.1) is 0 Å². The summed E-state index contributed by atoms with van der Waals surface area (Å²) >= 11 is 5.79. The maximum Gasteiger partial charge on any atom is 0.291 e. The van der Waals surface area contributed by atoms with Crippen molar-refractivity contribution in [3.8, 4) is 0 Å². The molecular weight excluding hydrogens is 336 g/mol.